The third kappa shape index (κ3) is 6.09. The number of carboxylic acid groups (broad SMARTS) is 1. The van der Waals surface area contributed by atoms with Crippen LogP contribution in [0.5, 0.6) is 0 Å². The van der Waals surface area contributed by atoms with Gasteiger partial charge < -0.3 is 15.7 Å². The number of benzene rings is 2. The molecule has 3 N–H and O–H groups in total. The summed E-state index contributed by atoms with van der Waals surface area (Å²) in [7, 11) is 0. The van der Waals surface area contributed by atoms with E-state index in [2.05, 4.69) is 36.6 Å². The Morgan fingerprint density at radius 1 is 1.07 bits per heavy atom. The van der Waals surface area contributed by atoms with Gasteiger partial charge in [-0.2, -0.15) is 0 Å². The topological polar surface area (TPSA) is 61.4 Å². The summed E-state index contributed by atoms with van der Waals surface area (Å²) in [6, 6.07) is 15.0. The van der Waals surface area contributed by atoms with Crippen LogP contribution in [-0.4, -0.2) is 30.7 Å². The van der Waals surface area contributed by atoms with Crippen LogP contribution >= 0.6 is 11.6 Å². The third-order valence-electron chi connectivity index (χ3n) is 5.46. The Morgan fingerprint density at radius 3 is 2.41 bits per heavy atom. The lowest BCUT2D eigenvalue weighted by Gasteiger charge is -2.34. The molecule has 1 aliphatic rings. The van der Waals surface area contributed by atoms with Gasteiger partial charge in [0.15, 0.2) is 0 Å². The van der Waals surface area contributed by atoms with Crippen molar-refractivity contribution in [3.63, 3.8) is 0 Å². The van der Waals surface area contributed by atoms with Gasteiger partial charge in [0.2, 0.25) is 0 Å². The molecule has 0 amide bonds. The van der Waals surface area contributed by atoms with Gasteiger partial charge >= 0.3 is 5.97 Å². The lowest BCUT2D eigenvalue weighted by molar-refractivity contribution is 0.0697. The first kappa shape index (κ1) is 21.4. The van der Waals surface area contributed by atoms with E-state index in [4.69, 9.17) is 16.7 Å². The number of carbonyl (C=O) groups is 1. The predicted molar refractivity (Wildman–Crippen MR) is 121 cm³/mol. The van der Waals surface area contributed by atoms with E-state index in [0.29, 0.717) is 11.0 Å². The van der Waals surface area contributed by atoms with Crippen LogP contribution in [0, 0.1) is 5.41 Å². The number of carboxylic acids is 1. The van der Waals surface area contributed by atoms with Gasteiger partial charge in [-0.15, -0.1) is 0 Å². The van der Waals surface area contributed by atoms with Gasteiger partial charge in [0.1, 0.15) is 0 Å². The Kier molecular flexibility index (Phi) is 6.99. The highest BCUT2D eigenvalue weighted by Crippen LogP contribution is 2.42. The van der Waals surface area contributed by atoms with Crippen LogP contribution in [0.15, 0.2) is 54.1 Å². The Bertz CT molecular complexity index is 871. The number of allylic oxidation sites excluding steroid dienone is 1. The summed E-state index contributed by atoms with van der Waals surface area (Å²) in [6.07, 6.45) is 3.39. The molecule has 5 heteroatoms. The highest BCUT2D eigenvalue weighted by Gasteiger charge is 2.27. The highest BCUT2D eigenvalue weighted by molar-refractivity contribution is 6.30. The molecule has 0 atom stereocenters. The molecule has 0 heterocycles. The second-order valence-corrected chi connectivity index (χ2v) is 8.85. The van der Waals surface area contributed by atoms with Crippen molar-refractivity contribution in [3.05, 3.63) is 70.3 Å². The predicted octanol–water partition coefficient (Wildman–Crippen LogP) is 5.70. The number of aromatic carboxylic acids is 1. The molecule has 3 rings (SSSR count). The Balaban J connectivity index is 1.56. The van der Waals surface area contributed by atoms with E-state index in [9.17, 15) is 4.79 Å². The van der Waals surface area contributed by atoms with Crippen molar-refractivity contribution in [3.8, 4) is 0 Å². The largest absolute Gasteiger partial charge is 0.478 e. The van der Waals surface area contributed by atoms with E-state index in [1.165, 1.54) is 23.1 Å². The monoisotopic (exact) mass is 412 g/mol. The van der Waals surface area contributed by atoms with Crippen LogP contribution < -0.4 is 10.6 Å². The van der Waals surface area contributed by atoms with E-state index < -0.39 is 5.97 Å². The molecule has 0 fully saturated rings. The summed E-state index contributed by atoms with van der Waals surface area (Å²) in [5.41, 5.74) is 5.77. The lowest BCUT2D eigenvalue weighted by atomic mass is 9.73. The molecule has 29 heavy (non-hydrogen) atoms. The van der Waals surface area contributed by atoms with Crippen molar-refractivity contribution in [1.82, 2.24) is 5.32 Å². The quantitative estimate of drug-likeness (QED) is 0.486. The summed E-state index contributed by atoms with van der Waals surface area (Å²) in [5, 5.41) is 16.6. The minimum Gasteiger partial charge on any atom is -0.478 e. The van der Waals surface area contributed by atoms with Crippen molar-refractivity contribution in [2.24, 2.45) is 5.41 Å². The van der Waals surface area contributed by atoms with E-state index in [-0.39, 0.29) is 0 Å². The average Bonchev–Trinajstić information content (AvgIpc) is 2.68. The van der Waals surface area contributed by atoms with Gasteiger partial charge in [0, 0.05) is 30.3 Å². The molecule has 0 unspecified atom stereocenters. The van der Waals surface area contributed by atoms with Crippen LogP contribution in [0.4, 0.5) is 5.69 Å². The minimum absolute atomic E-state index is 0.301. The van der Waals surface area contributed by atoms with Crippen LogP contribution in [0.3, 0.4) is 0 Å². The zero-order valence-corrected chi connectivity index (χ0v) is 17.9. The summed E-state index contributed by atoms with van der Waals surface area (Å²) < 4.78 is 0. The molecule has 4 nitrogen and oxygen atoms in total. The summed E-state index contributed by atoms with van der Waals surface area (Å²) >= 11 is 6.06. The van der Waals surface area contributed by atoms with Crippen molar-refractivity contribution in [1.29, 1.82) is 0 Å². The molecular weight excluding hydrogens is 384 g/mol. The normalized spacial score (nSPS) is 16.0. The summed E-state index contributed by atoms with van der Waals surface area (Å²) in [4.78, 5) is 10.9. The third-order valence-corrected chi connectivity index (χ3v) is 5.72. The zero-order chi connectivity index (χ0) is 20.9. The maximum Gasteiger partial charge on any atom is 0.335 e. The fourth-order valence-corrected chi connectivity index (χ4v) is 3.97. The van der Waals surface area contributed by atoms with Crippen molar-refractivity contribution >= 4 is 28.8 Å². The number of hydrogen-bond donors (Lipinski definition) is 3. The van der Waals surface area contributed by atoms with Crippen LogP contribution in [0.2, 0.25) is 5.02 Å². The maximum atomic E-state index is 10.9. The first-order chi connectivity index (χ1) is 13.8. The molecule has 0 radical (unpaired) electrons. The molecule has 0 saturated carbocycles. The molecule has 2 aromatic rings. The summed E-state index contributed by atoms with van der Waals surface area (Å²) in [6.45, 7) is 7.17. The fraction of sp³-hybridized carbons (Fsp3) is 0.375. The SMILES string of the molecule is CC1(C)CCC(c2ccc(Cl)cc2)=C(CNCCNc2ccc(C(=O)O)cc2)C1. The standard InChI is InChI=1S/C24H29ClN2O2/c1-24(2)12-11-22(17-3-7-20(25)8-4-17)19(15-24)16-26-13-14-27-21-9-5-18(6-10-21)23(28)29/h3-10,26-27H,11-16H2,1-2H3,(H,28,29). The average molecular weight is 413 g/mol. The molecular formula is C24H29ClN2O2. The van der Waals surface area contributed by atoms with Gasteiger partial charge in [-0.1, -0.05) is 43.2 Å². The van der Waals surface area contributed by atoms with Gasteiger partial charge in [-0.25, -0.2) is 4.79 Å². The zero-order valence-electron chi connectivity index (χ0n) is 17.1. The molecule has 0 aliphatic heterocycles. The molecule has 154 valence electrons. The molecule has 0 spiro atoms. The smallest absolute Gasteiger partial charge is 0.335 e. The Morgan fingerprint density at radius 2 is 1.76 bits per heavy atom. The lowest BCUT2D eigenvalue weighted by Crippen LogP contribution is -2.28. The number of halogens is 1. The highest BCUT2D eigenvalue weighted by atomic mass is 35.5. The number of nitrogens with one attached hydrogen (secondary N) is 2. The van der Waals surface area contributed by atoms with Gasteiger partial charge in [0.05, 0.1) is 5.56 Å². The first-order valence-corrected chi connectivity index (χ1v) is 10.5. The van der Waals surface area contributed by atoms with E-state index in [0.717, 1.165) is 43.2 Å². The molecule has 0 bridgehead atoms. The number of hydrogen-bond acceptors (Lipinski definition) is 3. The van der Waals surface area contributed by atoms with E-state index >= 15 is 0 Å². The number of anilines is 1. The summed E-state index contributed by atoms with van der Waals surface area (Å²) in [5.74, 6) is -0.904. The second kappa shape index (κ2) is 9.47. The van der Waals surface area contributed by atoms with Crippen LogP contribution in [-0.2, 0) is 0 Å². The molecule has 0 saturated heterocycles. The van der Waals surface area contributed by atoms with E-state index in [1.54, 1.807) is 24.3 Å². The minimum atomic E-state index is -0.904. The van der Waals surface area contributed by atoms with Crippen molar-refractivity contribution < 1.29 is 9.90 Å². The Hall–Kier alpha value is -2.30. The van der Waals surface area contributed by atoms with Gasteiger partial charge in [0.25, 0.3) is 0 Å². The van der Waals surface area contributed by atoms with E-state index in [1.807, 2.05) is 12.1 Å². The molecule has 2 aromatic carbocycles. The van der Waals surface area contributed by atoms with Crippen molar-refractivity contribution in [2.45, 2.75) is 33.1 Å². The maximum absolute atomic E-state index is 10.9. The van der Waals surface area contributed by atoms with Crippen LogP contribution in [0.25, 0.3) is 5.57 Å². The fourth-order valence-electron chi connectivity index (χ4n) is 3.85. The van der Waals surface area contributed by atoms with Gasteiger partial charge in [-0.05, 0) is 72.2 Å². The van der Waals surface area contributed by atoms with Crippen LogP contribution in [0.1, 0.15) is 49.0 Å². The molecule has 0 aromatic heterocycles. The Labute approximate surface area is 178 Å². The first-order valence-electron chi connectivity index (χ1n) is 10.1. The van der Waals surface area contributed by atoms with Crippen molar-refractivity contribution in [2.75, 3.05) is 25.0 Å². The second-order valence-electron chi connectivity index (χ2n) is 8.42. The van der Waals surface area contributed by atoms with Gasteiger partial charge in [-0.3, -0.25) is 0 Å². The number of rotatable bonds is 8. The molecule has 1 aliphatic carbocycles.